The average molecular weight is 394 g/mol. The molecule has 4 rings (SSSR count). The summed E-state index contributed by atoms with van der Waals surface area (Å²) in [5.41, 5.74) is 0.588. The second kappa shape index (κ2) is 7.74. The minimum absolute atomic E-state index is 0. The fourth-order valence-electron chi connectivity index (χ4n) is 3.40. The molecule has 27 heavy (non-hydrogen) atoms. The predicted molar refractivity (Wildman–Crippen MR) is 101 cm³/mol. The van der Waals surface area contributed by atoms with Gasteiger partial charge in [-0.15, -0.1) is 22.6 Å². The highest BCUT2D eigenvalue weighted by atomic mass is 35.5. The van der Waals surface area contributed by atoms with Gasteiger partial charge in [0, 0.05) is 24.6 Å². The van der Waals surface area contributed by atoms with Crippen molar-refractivity contribution in [2.24, 2.45) is 7.05 Å². The van der Waals surface area contributed by atoms with Crippen LogP contribution in [0.4, 0.5) is 0 Å². The predicted octanol–water partition coefficient (Wildman–Crippen LogP) is 1.70. The van der Waals surface area contributed by atoms with Crippen molar-refractivity contribution >= 4 is 18.3 Å². The quantitative estimate of drug-likeness (QED) is 0.832. The first kappa shape index (κ1) is 19.4. The average Bonchev–Trinajstić information content (AvgIpc) is 3.17. The number of carbonyl (C=O) groups excluding carboxylic acids is 1. The minimum atomic E-state index is -0.0852. The molecule has 2 heterocycles. The molecule has 1 amide bonds. The maximum absolute atomic E-state index is 12.4. The van der Waals surface area contributed by atoms with E-state index in [1.807, 2.05) is 21.1 Å². The lowest BCUT2D eigenvalue weighted by molar-refractivity contribution is 0.0906. The van der Waals surface area contributed by atoms with Crippen LogP contribution in [0.1, 0.15) is 40.8 Å². The van der Waals surface area contributed by atoms with Crippen molar-refractivity contribution in [1.29, 1.82) is 0 Å². The highest BCUT2D eigenvalue weighted by molar-refractivity contribution is 5.95. The van der Waals surface area contributed by atoms with Crippen molar-refractivity contribution in [3.63, 3.8) is 0 Å². The summed E-state index contributed by atoms with van der Waals surface area (Å²) in [4.78, 5) is 14.5. The Hall–Kier alpha value is -2.32. The van der Waals surface area contributed by atoms with Crippen LogP contribution >= 0.6 is 12.4 Å². The molecule has 2 aliphatic rings. The summed E-state index contributed by atoms with van der Waals surface area (Å²) in [7, 11) is 6.03. The number of carbonyl (C=O) groups is 1. The van der Waals surface area contributed by atoms with Crippen LogP contribution in [-0.2, 0) is 13.6 Å². The fourth-order valence-corrected chi connectivity index (χ4v) is 3.40. The Kier molecular flexibility index (Phi) is 5.57. The van der Waals surface area contributed by atoms with Gasteiger partial charge < -0.3 is 24.3 Å². The van der Waals surface area contributed by atoms with E-state index < -0.39 is 0 Å². The zero-order valence-electron chi connectivity index (χ0n) is 15.6. The van der Waals surface area contributed by atoms with E-state index in [-0.39, 0.29) is 31.1 Å². The summed E-state index contributed by atoms with van der Waals surface area (Å²) in [6.45, 7) is 0.971. The number of aromatic nitrogens is 3. The van der Waals surface area contributed by atoms with E-state index in [1.165, 1.54) is 0 Å². The number of benzene rings is 1. The van der Waals surface area contributed by atoms with Crippen LogP contribution in [0.25, 0.3) is 0 Å². The van der Waals surface area contributed by atoms with Crippen LogP contribution in [0, 0.1) is 0 Å². The van der Waals surface area contributed by atoms with E-state index in [0.717, 1.165) is 31.0 Å². The second-order valence-corrected chi connectivity index (χ2v) is 7.18. The van der Waals surface area contributed by atoms with E-state index in [4.69, 9.17) is 9.47 Å². The van der Waals surface area contributed by atoms with Crippen LogP contribution in [0.3, 0.4) is 0 Å². The highest BCUT2D eigenvalue weighted by Crippen LogP contribution is 2.36. The summed E-state index contributed by atoms with van der Waals surface area (Å²) in [6, 6.07) is 5.42. The molecule has 1 aliphatic carbocycles. The van der Waals surface area contributed by atoms with Gasteiger partial charge in [0.05, 0.1) is 6.54 Å². The first-order chi connectivity index (χ1) is 12.5. The van der Waals surface area contributed by atoms with Gasteiger partial charge in [-0.3, -0.25) is 4.79 Å². The third-order valence-electron chi connectivity index (χ3n) is 4.93. The van der Waals surface area contributed by atoms with Gasteiger partial charge >= 0.3 is 0 Å². The van der Waals surface area contributed by atoms with Crippen molar-refractivity contribution in [1.82, 2.24) is 25.0 Å². The molecule has 1 aromatic heterocycles. The number of nitrogens with zero attached hydrogens (tertiary/aromatic N) is 4. The Labute approximate surface area is 164 Å². The summed E-state index contributed by atoms with van der Waals surface area (Å²) < 4.78 is 12.7. The van der Waals surface area contributed by atoms with Crippen molar-refractivity contribution < 1.29 is 14.3 Å². The van der Waals surface area contributed by atoms with E-state index in [0.29, 0.717) is 23.0 Å². The third kappa shape index (κ3) is 3.86. The SMILES string of the molecule is CN(C)Cc1nnc(C2CC(NC(=O)c3ccc4c(c3)OCO4)C2)n1C.Cl. The molecule has 1 fully saturated rings. The Balaban J connectivity index is 0.00000210. The fraction of sp³-hybridized carbons (Fsp3) is 0.500. The zero-order chi connectivity index (χ0) is 18.3. The molecule has 0 atom stereocenters. The van der Waals surface area contributed by atoms with Crippen molar-refractivity contribution in [3.8, 4) is 11.5 Å². The van der Waals surface area contributed by atoms with Gasteiger partial charge in [-0.2, -0.15) is 0 Å². The van der Waals surface area contributed by atoms with Gasteiger partial charge in [0.2, 0.25) is 6.79 Å². The standard InChI is InChI=1S/C18H23N5O3.ClH/c1-22(2)9-16-20-21-17(23(16)3)12-6-13(7-12)19-18(24)11-4-5-14-15(8-11)26-10-25-14;/h4-5,8,12-13H,6-7,9-10H2,1-3H3,(H,19,24);1H. The largest absolute Gasteiger partial charge is 0.454 e. The van der Waals surface area contributed by atoms with E-state index >= 15 is 0 Å². The molecule has 0 unspecified atom stereocenters. The lowest BCUT2D eigenvalue weighted by Gasteiger charge is -2.35. The van der Waals surface area contributed by atoms with E-state index in [9.17, 15) is 4.79 Å². The summed E-state index contributed by atoms with van der Waals surface area (Å²) in [5.74, 6) is 3.51. The molecule has 0 bridgehead atoms. The third-order valence-corrected chi connectivity index (χ3v) is 4.93. The van der Waals surface area contributed by atoms with Gasteiger partial charge in [0.1, 0.15) is 11.6 Å². The number of hydrogen-bond acceptors (Lipinski definition) is 6. The van der Waals surface area contributed by atoms with Crippen molar-refractivity contribution in [2.45, 2.75) is 31.3 Å². The van der Waals surface area contributed by atoms with Crippen LogP contribution < -0.4 is 14.8 Å². The number of nitrogens with one attached hydrogen (secondary N) is 1. The minimum Gasteiger partial charge on any atom is -0.454 e. The molecule has 1 aliphatic heterocycles. The normalized spacial score (nSPS) is 20.1. The number of fused-ring (bicyclic) bond motifs is 1. The van der Waals surface area contributed by atoms with Crippen LogP contribution in [0.2, 0.25) is 0 Å². The maximum atomic E-state index is 12.4. The Morgan fingerprint density at radius 1 is 1.26 bits per heavy atom. The van der Waals surface area contributed by atoms with Gasteiger partial charge in [-0.1, -0.05) is 0 Å². The number of ether oxygens (including phenoxy) is 2. The highest BCUT2D eigenvalue weighted by Gasteiger charge is 2.35. The van der Waals surface area contributed by atoms with Gasteiger partial charge in [0.25, 0.3) is 5.91 Å². The first-order valence-corrected chi connectivity index (χ1v) is 8.74. The van der Waals surface area contributed by atoms with Crippen molar-refractivity contribution in [2.75, 3.05) is 20.9 Å². The summed E-state index contributed by atoms with van der Waals surface area (Å²) in [5, 5.41) is 11.7. The van der Waals surface area contributed by atoms with E-state index in [2.05, 4.69) is 25.0 Å². The maximum Gasteiger partial charge on any atom is 0.251 e. The molecule has 0 radical (unpaired) electrons. The Morgan fingerprint density at radius 2 is 2.00 bits per heavy atom. The number of rotatable bonds is 5. The summed E-state index contributed by atoms with van der Waals surface area (Å²) in [6.07, 6.45) is 1.76. The molecule has 1 N–H and O–H groups in total. The zero-order valence-corrected chi connectivity index (χ0v) is 16.5. The molecule has 146 valence electrons. The second-order valence-electron chi connectivity index (χ2n) is 7.18. The molecular weight excluding hydrogens is 370 g/mol. The topological polar surface area (TPSA) is 81.5 Å². The van der Waals surface area contributed by atoms with E-state index in [1.54, 1.807) is 18.2 Å². The molecule has 1 aromatic carbocycles. The Morgan fingerprint density at radius 3 is 2.74 bits per heavy atom. The molecular formula is C18H24ClN5O3. The molecule has 2 aromatic rings. The van der Waals surface area contributed by atoms with Gasteiger partial charge in [-0.05, 0) is 45.1 Å². The van der Waals surface area contributed by atoms with Crippen molar-refractivity contribution in [3.05, 3.63) is 35.4 Å². The first-order valence-electron chi connectivity index (χ1n) is 8.74. The lowest BCUT2D eigenvalue weighted by Crippen LogP contribution is -2.44. The molecule has 0 saturated heterocycles. The molecule has 9 heteroatoms. The number of hydrogen-bond donors (Lipinski definition) is 1. The number of halogens is 1. The molecule has 1 saturated carbocycles. The smallest absolute Gasteiger partial charge is 0.251 e. The number of amides is 1. The monoisotopic (exact) mass is 393 g/mol. The van der Waals surface area contributed by atoms with Crippen LogP contribution in [0.5, 0.6) is 11.5 Å². The van der Waals surface area contributed by atoms with Crippen LogP contribution in [-0.4, -0.2) is 52.5 Å². The Bertz CT molecular complexity index is 832. The van der Waals surface area contributed by atoms with Crippen LogP contribution in [0.15, 0.2) is 18.2 Å². The lowest BCUT2D eigenvalue weighted by atomic mass is 9.79. The molecule has 8 nitrogen and oxygen atoms in total. The molecule has 0 spiro atoms. The summed E-state index contributed by atoms with van der Waals surface area (Å²) >= 11 is 0. The van der Waals surface area contributed by atoms with Gasteiger partial charge in [0.15, 0.2) is 11.5 Å². The van der Waals surface area contributed by atoms with Gasteiger partial charge in [-0.25, -0.2) is 0 Å².